The second-order valence-corrected chi connectivity index (χ2v) is 6.92. The van der Waals surface area contributed by atoms with Crippen molar-refractivity contribution in [3.8, 4) is 0 Å². The van der Waals surface area contributed by atoms with Crippen molar-refractivity contribution >= 4 is 23.4 Å². The standard InChI is InChI=1S/C14H22ClNO2S/c1-14(2,3)16-7-10-5-4-6-12(15)13(10)19-9-11(18)8-17/h4-6,11,16-18H,7-9H2,1-3H3. The van der Waals surface area contributed by atoms with Crippen molar-refractivity contribution in [2.24, 2.45) is 0 Å². The molecule has 0 aromatic heterocycles. The minimum absolute atomic E-state index is 0.0366. The molecule has 19 heavy (non-hydrogen) atoms. The second kappa shape index (κ2) is 7.50. The monoisotopic (exact) mass is 303 g/mol. The molecule has 0 bridgehead atoms. The van der Waals surface area contributed by atoms with Gasteiger partial charge in [-0.3, -0.25) is 0 Å². The highest BCUT2D eigenvalue weighted by Gasteiger charge is 2.13. The number of nitrogens with one attached hydrogen (secondary N) is 1. The van der Waals surface area contributed by atoms with Crippen LogP contribution in [0.1, 0.15) is 26.3 Å². The number of thioether (sulfide) groups is 1. The maximum absolute atomic E-state index is 9.43. The molecule has 0 saturated heterocycles. The van der Waals surface area contributed by atoms with Crippen LogP contribution in [0.15, 0.2) is 23.1 Å². The molecule has 3 nitrogen and oxygen atoms in total. The van der Waals surface area contributed by atoms with Gasteiger partial charge in [-0.25, -0.2) is 0 Å². The van der Waals surface area contributed by atoms with Crippen LogP contribution in [-0.2, 0) is 6.54 Å². The van der Waals surface area contributed by atoms with Crippen LogP contribution < -0.4 is 5.32 Å². The molecule has 0 fully saturated rings. The number of halogens is 1. The van der Waals surface area contributed by atoms with Crippen molar-refractivity contribution in [3.63, 3.8) is 0 Å². The third-order valence-corrected chi connectivity index (χ3v) is 4.24. The lowest BCUT2D eigenvalue weighted by molar-refractivity contribution is 0.113. The average Bonchev–Trinajstić information content (AvgIpc) is 2.33. The Balaban J connectivity index is 2.77. The van der Waals surface area contributed by atoms with Gasteiger partial charge in [0.05, 0.1) is 17.7 Å². The quantitative estimate of drug-likeness (QED) is 0.707. The van der Waals surface area contributed by atoms with Gasteiger partial charge in [0.1, 0.15) is 0 Å². The normalized spacial score (nSPS) is 13.6. The highest BCUT2D eigenvalue weighted by atomic mass is 35.5. The summed E-state index contributed by atoms with van der Waals surface area (Å²) >= 11 is 7.69. The molecule has 108 valence electrons. The van der Waals surface area contributed by atoms with Crippen LogP contribution in [0.25, 0.3) is 0 Å². The van der Waals surface area contributed by atoms with Gasteiger partial charge in [0.15, 0.2) is 0 Å². The van der Waals surface area contributed by atoms with Crippen molar-refractivity contribution in [2.45, 2.75) is 43.9 Å². The van der Waals surface area contributed by atoms with E-state index >= 15 is 0 Å². The molecule has 5 heteroatoms. The van der Waals surface area contributed by atoms with E-state index in [1.807, 2.05) is 18.2 Å². The van der Waals surface area contributed by atoms with Gasteiger partial charge in [0.25, 0.3) is 0 Å². The van der Waals surface area contributed by atoms with E-state index in [0.29, 0.717) is 10.8 Å². The summed E-state index contributed by atoms with van der Waals surface area (Å²) in [6, 6.07) is 5.79. The molecule has 0 aliphatic heterocycles. The maximum Gasteiger partial charge on any atom is 0.0864 e. The van der Waals surface area contributed by atoms with Gasteiger partial charge >= 0.3 is 0 Å². The van der Waals surface area contributed by atoms with Crippen molar-refractivity contribution < 1.29 is 10.2 Å². The molecule has 0 heterocycles. The molecule has 3 N–H and O–H groups in total. The van der Waals surface area contributed by atoms with E-state index in [4.69, 9.17) is 16.7 Å². The van der Waals surface area contributed by atoms with Crippen LogP contribution in [-0.4, -0.2) is 34.2 Å². The first-order valence-electron chi connectivity index (χ1n) is 6.27. The molecule has 0 saturated carbocycles. The van der Waals surface area contributed by atoms with Crippen molar-refractivity contribution in [1.29, 1.82) is 0 Å². The van der Waals surface area contributed by atoms with Crippen LogP contribution >= 0.6 is 23.4 Å². The molecule has 0 amide bonds. The van der Waals surface area contributed by atoms with Crippen molar-refractivity contribution in [3.05, 3.63) is 28.8 Å². The largest absolute Gasteiger partial charge is 0.394 e. The maximum atomic E-state index is 9.43. The first kappa shape index (κ1) is 16.8. The zero-order valence-electron chi connectivity index (χ0n) is 11.6. The predicted molar refractivity (Wildman–Crippen MR) is 81.9 cm³/mol. The molecular weight excluding hydrogens is 282 g/mol. The van der Waals surface area contributed by atoms with Crippen LogP contribution in [0.3, 0.4) is 0 Å². The first-order valence-corrected chi connectivity index (χ1v) is 7.64. The summed E-state index contributed by atoms with van der Waals surface area (Å²) in [6.45, 7) is 6.83. The zero-order valence-corrected chi connectivity index (χ0v) is 13.2. The van der Waals surface area contributed by atoms with Crippen molar-refractivity contribution in [1.82, 2.24) is 5.32 Å². The number of hydrogen-bond acceptors (Lipinski definition) is 4. The molecule has 0 aliphatic rings. The SMILES string of the molecule is CC(C)(C)NCc1cccc(Cl)c1SCC(O)CO. The zero-order chi connectivity index (χ0) is 14.5. The predicted octanol–water partition coefficient (Wildman–Crippen LogP) is 2.67. The Morgan fingerprint density at radius 3 is 2.63 bits per heavy atom. The summed E-state index contributed by atoms with van der Waals surface area (Å²) in [5, 5.41) is 22.4. The van der Waals surface area contributed by atoms with Crippen LogP contribution in [0, 0.1) is 0 Å². The van der Waals surface area contributed by atoms with E-state index in [0.717, 1.165) is 17.0 Å². The Labute approximate surface area is 124 Å². The Morgan fingerprint density at radius 1 is 1.37 bits per heavy atom. The lowest BCUT2D eigenvalue weighted by Crippen LogP contribution is -2.35. The molecule has 0 radical (unpaired) electrons. The fraction of sp³-hybridized carbons (Fsp3) is 0.571. The fourth-order valence-electron chi connectivity index (χ4n) is 1.45. The smallest absolute Gasteiger partial charge is 0.0864 e. The highest BCUT2D eigenvalue weighted by molar-refractivity contribution is 7.99. The van der Waals surface area contributed by atoms with Gasteiger partial charge in [-0.1, -0.05) is 23.7 Å². The lowest BCUT2D eigenvalue weighted by Gasteiger charge is -2.22. The van der Waals surface area contributed by atoms with Crippen LogP contribution in [0.2, 0.25) is 5.02 Å². The molecule has 0 spiro atoms. The van der Waals surface area contributed by atoms with Gasteiger partial charge < -0.3 is 15.5 Å². The number of rotatable bonds is 6. The van der Waals surface area contributed by atoms with Gasteiger partial charge in [-0.15, -0.1) is 11.8 Å². The Kier molecular flexibility index (Phi) is 6.63. The van der Waals surface area contributed by atoms with E-state index in [-0.39, 0.29) is 12.1 Å². The number of hydrogen-bond donors (Lipinski definition) is 3. The molecule has 1 aromatic carbocycles. The average molecular weight is 304 g/mol. The Bertz CT molecular complexity index is 407. The first-order chi connectivity index (χ1) is 8.83. The minimum Gasteiger partial charge on any atom is -0.394 e. The summed E-state index contributed by atoms with van der Waals surface area (Å²) in [4.78, 5) is 0.966. The van der Waals surface area contributed by atoms with Crippen molar-refractivity contribution in [2.75, 3.05) is 12.4 Å². The molecule has 1 atom stereocenters. The Morgan fingerprint density at radius 2 is 2.05 bits per heavy atom. The van der Waals surface area contributed by atoms with E-state index in [1.165, 1.54) is 11.8 Å². The number of aliphatic hydroxyl groups is 2. The minimum atomic E-state index is -0.718. The van der Waals surface area contributed by atoms with E-state index in [1.54, 1.807) is 0 Å². The van der Waals surface area contributed by atoms with Crippen LogP contribution in [0.4, 0.5) is 0 Å². The number of aliphatic hydroxyl groups excluding tert-OH is 2. The lowest BCUT2D eigenvalue weighted by atomic mass is 10.1. The Hall–Kier alpha value is -0.260. The van der Waals surface area contributed by atoms with Gasteiger partial charge in [0.2, 0.25) is 0 Å². The van der Waals surface area contributed by atoms with E-state index in [9.17, 15) is 5.11 Å². The fourth-order valence-corrected chi connectivity index (χ4v) is 2.80. The summed E-state index contributed by atoms with van der Waals surface area (Å²) < 4.78 is 0. The summed E-state index contributed by atoms with van der Waals surface area (Å²) in [5.74, 6) is 0.433. The third-order valence-electron chi connectivity index (χ3n) is 2.49. The topological polar surface area (TPSA) is 52.5 Å². The second-order valence-electron chi connectivity index (χ2n) is 5.48. The molecule has 1 unspecified atom stereocenters. The highest BCUT2D eigenvalue weighted by Crippen LogP contribution is 2.31. The van der Waals surface area contributed by atoms with Gasteiger partial charge in [0, 0.05) is 22.7 Å². The van der Waals surface area contributed by atoms with Gasteiger partial charge in [-0.05, 0) is 32.4 Å². The summed E-state index contributed by atoms with van der Waals surface area (Å²) in [6.07, 6.45) is -0.718. The van der Waals surface area contributed by atoms with Crippen LogP contribution in [0.5, 0.6) is 0 Å². The van der Waals surface area contributed by atoms with E-state index < -0.39 is 6.10 Å². The summed E-state index contributed by atoms with van der Waals surface area (Å²) in [5.41, 5.74) is 1.15. The molecule has 0 aliphatic carbocycles. The molecular formula is C14H22ClNO2S. The van der Waals surface area contributed by atoms with E-state index in [2.05, 4.69) is 26.1 Å². The molecule has 1 aromatic rings. The van der Waals surface area contributed by atoms with Gasteiger partial charge in [-0.2, -0.15) is 0 Å². The third kappa shape index (κ3) is 6.15. The summed E-state index contributed by atoms with van der Waals surface area (Å²) in [7, 11) is 0. The number of benzene rings is 1. The molecule has 1 rings (SSSR count).